The van der Waals surface area contributed by atoms with Crippen molar-refractivity contribution < 1.29 is 9.53 Å². The summed E-state index contributed by atoms with van der Waals surface area (Å²) in [6.45, 7) is 4.79. The fourth-order valence-electron chi connectivity index (χ4n) is 1.26. The molecule has 0 saturated heterocycles. The maximum Gasteiger partial charge on any atom is 0.251 e. The molecule has 0 spiro atoms. The van der Waals surface area contributed by atoms with E-state index in [1.54, 1.807) is 18.2 Å². The van der Waals surface area contributed by atoms with Gasteiger partial charge >= 0.3 is 0 Å². The van der Waals surface area contributed by atoms with Gasteiger partial charge < -0.3 is 15.8 Å². The summed E-state index contributed by atoms with van der Waals surface area (Å²) in [4.78, 5) is 11.7. The van der Waals surface area contributed by atoms with Crippen LogP contribution in [0.1, 0.15) is 24.2 Å². The fourth-order valence-corrected chi connectivity index (χ4v) is 1.26. The summed E-state index contributed by atoms with van der Waals surface area (Å²) in [6.07, 6.45) is 0. The maximum absolute atomic E-state index is 11.7. The molecule has 0 aromatic heterocycles. The van der Waals surface area contributed by atoms with Crippen molar-refractivity contribution >= 4 is 18.3 Å². The number of hydrogen-bond donors (Lipinski definition) is 2. The van der Waals surface area contributed by atoms with Gasteiger partial charge in [0.1, 0.15) is 5.75 Å². The summed E-state index contributed by atoms with van der Waals surface area (Å²) in [5.74, 6) is 0.579. The van der Waals surface area contributed by atoms with Crippen molar-refractivity contribution in [2.45, 2.75) is 19.9 Å². The smallest absolute Gasteiger partial charge is 0.251 e. The Morgan fingerprint density at radius 2 is 2.24 bits per heavy atom. The van der Waals surface area contributed by atoms with E-state index < -0.39 is 0 Å². The minimum Gasteiger partial charge on any atom is -0.494 e. The van der Waals surface area contributed by atoms with E-state index in [2.05, 4.69) is 5.32 Å². The quantitative estimate of drug-likeness (QED) is 0.843. The summed E-state index contributed by atoms with van der Waals surface area (Å²) in [6, 6.07) is 7.08. The Balaban J connectivity index is 0.00000256. The second-order valence-corrected chi connectivity index (χ2v) is 3.57. The molecule has 0 aliphatic heterocycles. The molecule has 1 aromatic carbocycles. The van der Waals surface area contributed by atoms with Crippen LogP contribution in [0.15, 0.2) is 24.3 Å². The SMILES string of the molecule is CCOc1cccc(C(=O)N[C@@H](C)CN)c1.Cl. The first kappa shape index (κ1) is 15.7. The third kappa shape index (κ3) is 5.06. The van der Waals surface area contributed by atoms with Gasteiger partial charge in [0.05, 0.1) is 6.61 Å². The first-order valence-corrected chi connectivity index (χ1v) is 5.41. The highest BCUT2D eigenvalue weighted by molar-refractivity contribution is 5.94. The molecule has 0 unspecified atom stereocenters. The van der Waals surface area contributed by atoms with Gasteiger partial charge in [0.2, 0.25) is 0 Å². The van der Waals surface area contributed by atoms with E-state index in [0.717, 1.165) is 0 Å². The standard InChI is InChI=1S/C12H18N2O2.ClH/c1-3-16-11-6-4-5-10(7-11)12(15)14-9(2)8-13;/h4-7,9H,3,8,13H2,1-2H3,(H,14,15);1H/t9-;/m0./s1. The molecule has 3 N–H and O–H groups in total. The van der Waals surface area contributed by atoms with Crippen LogP contribution in [0, 0.1) is 0 Å². The average Bonchev–Trinajstić information content (AvgIpc) is 2.29. The van der Waals surface area contributed by atoms with Gasteiger partial charge in [-0.25, -0.2) is 0 Å². The molecule has 0 aliphatic carbocycles. The van der Waals surface area contributed by atoms with Crippen LogP contribution < -0.4 is 15.8 Å². The number of carbonyl (C=O) groups is 1. The van der Waals surface area contributed by atoms with Crippen molar-refractivity contribution in [3.05, 3.63) is 29.8 Å². The Bertz CT molecular complexity index is 358. The van der Waals surface area contributed by atoms with Gasteiger partial charge in [-0.2, -0.15) is 0 Å². The van der Waals surface area contributed by atoms with Crippen LogP contribution in [-0.2, 0) is 0 Å². The second-order valence-electron chi connectivity index (χ2n) is 3.57. The van der Waals surface area contributed by atoms with Crippen molar-refractivity contribution in [1.29, 1.82) is 0 Å². The first-order chi connectivity index (χ1) is 7.67. The Kier molecular flexibility index (Phi) is 7.34. The summed E-state index contributed by atoms with van der Waals surface area (Å²) in [7, 11) is 0. The molecule has 0 aliphatic rings. The van der Waals surface area contributed by atoms with Gasteiger partial charge in [-0.3, -0.25) is 4.79 Å². The lowest BCUT2D eigenvalue weighted by Crippen LogP contribution is -2.37. The Morgan fingerprint density at radius 3 is 2.82 bits per heavy atom. The van der Waals surface area contributed by atoms with Gasteiger partial charge in [-0.05, 0) is 32.0 Å². The van der Waals surface area contributed by atoms with E-state index >= 15 is 0 Å². The third-order valence-corrected chi connectivity index (χ3v) is 2.14. The predicted molar refractivity (Wildman–Crippen MR) is 70.8 cm³/mol. The molecule has 0 saturated carbocycles. The molecule has 0 fully saturated rings. The number of amides is 1. The number of nitrogens with one attached hydrogen (secondary N) is 1. The van der Waals surface area contributed by atoms with Crippen LogP contribution in [-0.4, -0.2) is 25.1 Å². The molecule has 0 radical (unpaired) electrons. The number of rotatable bonds is 5. The van der Waals surface area contributed by atoms with E-state index in [4.69, 9.17) is 10.5 Å². The molecule has 1 amide bonds. The minimum atomic E-state index is -0.125. The summed E-state index contributed by atoms with van der Waals surface area (Å²) >= 11 is 0. The van der Waals surface area contributed by atoms with Crippen LogP contribution in [0.3, 0.4) is 0 Å². The molecule has 5 heteroatoms. The van der Waals surface area contributed by atoms with Gasteiger partial charge in [-0.1, -0.05) is 6.07 Å². The molecule has 17 heavy (non-hydrogen) atoms. The lowest BCUT2D eigenvalue weighted by Gasteiger charge is -2.11. The number of nitrogens with two attached hydrogens (primary N) is 1. The zero-order chi connectivity index (χ0) is 12.0. The largest absolute Gasteiger partial charge is 0.494 e. The van der Waals surface area contributed by atoms with Gasteiger partial charge in [0.15, 0.2) is 0 Å². The highest BCUT2D eigenvalue weighted by Gasteiger charge is 2.08. The van der Waals surface area contributed by atoms with Crippen molar-refractivity contribution in [2.75, 3.05) is 13.2 Å². The normalized spacial score (nSPS) is 11.2. The van der Waals surface area contributed by atoms with E-state index in [-0.39, 0.29) is 24.4 Å². The number of ether oxygens (including phenoxy) is 1. The van der Waals surface area contributed by atoms with E-state index in [0.29, 0.717) is 24.5 Å². The van der Waals surface area contributed by atoms with Gasteiger partial charge in [-0.15, -0.1) is 12.4 Å². The molecule has 4 nitrogen and oxygen atoms in total. The number of benzene rings is 1. The summed E-state index contributed by atoms with van der Waals surface area (Å²) in [5.41, 5.74) is 6.03. The Morgan fingerprint density at radius 1 is 1.53 bits per heavy atom. The number of carbonyl (C=O) groups excluding carboxylic acids is 1. The van der Waals surface area contributed by atoms with Crippen molar-refractivity contribution in [3.63, 3.8) is 0 Å². The molecule has 1 aromatic rings. The summed E-state index contributed by atoms with van der Waals surface area (Å²) in [5, 5.41) is 2.80. The monoisotopic (exact) mass is 258 g/mol. The molecule has 96 valence electrons. The minimum absolute atomic E-state index is 0. The van der Waals surface area contributed by atoms with E-state index in [1.165, 1.54) is 0 Å². The first-order valence-electron chi connectivity index (χ1n) is 5.41. The zero-order valence-corrected chi connectivity index (χ0v) is 10.9. The lowest BCUT2D eigenvalue weighted by molar-refractivity contribution is 0.0941. The highest BCUT2D eigenvalue weighted by Crippen LogP contribution is 2.13. The van der Waals surface area contributed by atoms with Crippen molar-refractivity contribution in [1.82, 2.24) is 5.32 Å². The average molecular weight is 259 g/mol. The van der Waals surface area contributed by atoms with Crippen LogP contribution in [0.5, 0.6) is 5.75 Å². The van der Waals surface area contributed by atoms with E-state index in [9.17, 15) is 4.79 Å². The van der Waals surface area contributed by atoms with Crippen LogP contribution in [0.4, 0.5) is 0 Å². The lowest BCUT2D eigenvalue weighted by atomic mass is 10.2. The Labute approximate surface area is 108 Å². The molecular formula is C12H19ClN2O2. The molecule has 0 bridgehead atoms. The molecule has 1 rings (SSSR count). The van der Waals surface area contributed by atoms with Gasteiger partial charge in [0.25, 0.3) is 5.91 Å². The second kappa shape index (κ2) is 7.92. The highest BCUT2D eigenvalue weighted by atomic mass is 35.5. The Hall–Kier alpha value is -1.26. The molecule has 1 atom stereocenters. The van der Waals surface area contributed by atoms with Crippen LogP contribution in [0.2, 0.25) is 0 Å². The third-order valence-electron chi connectivity index (χ3n) is 2.14. The topological polar surface area (TPSA) is 64.3 Å². The summed E-state index contributed by atoms with van der Waals surface area (Å²) < 4.78 is 5.32. The van der Waals surface area contributed by atoms with Crippen molar-refractivity contribution in [2.24, 2.45) is 5.73 Å². The molecule has 0 heterocycles. The fraction of sp³-hybridized carbons (Fsp3) is 0.417. The van der Waals surface area contributed by atoms with Crippen LogP contribution in [0.25, 0.3) is 0 Å². The predicted octanol–water partition coefficient (Wildman–Crippen LogP) is 1.58. The van der Waals surface area contributed by atoms with Gasteiger partial charge in [0, 0.05) is 18.2 Å². The number of halogens is 1. The van der Waals surface area contributed by atoms with E-state index in [1.807, 2.05) is 19.9 Å². The van der Waals surface area contributed by atoms with Crippen LogP contribution >= 0.6 is 12.4 Å². The van der Waals surface area contributed by atoms with Crippen molar-refractivity contribution in [3.8, 4) is 5.75 Å². The molecular weight excluding hydrogens is 240 g/mol. The maximum atomic E-state index is 11.7. The number of hydrogen-bond acceptors (Lipinski definition) is 3. The zero-order valence-electron chi connectivity index (χ0n) is 10.1.